The number of benzene rings is 2. The van der Waals surface area contributed by atoms with E-state index in [9.17, 15) is 21.6 Å². The summed E-state index contributed by atoms with van der Waals surface area (Å²) in [5.41, 5.74) is 1.52. The number of fused-ring (bicyclic) bond motifs is 1. The molecule has 2 aromatic carbocycles. The fourth-order valence-electron chi connectivity index (χ4n) is 2.50. The summed E-state index contributed by atoms with van der Waals surface area (Å²) in [6.45, 7) is 0.308. The van der Waals surface area contributed by atoms with Crippen molar-refractivity contribution in [1.29, 1.82) is 0 Å². The average molecular weight is 343 g/mol. The maximum atomic E-state index is 12.7. The lowest BCUT2D eigenvalue weighted by Gasteiger charge is -2.19. The minimum Gasteiger partial charge on any atom is -0.406 e. The quantitative estimate of drug-likeness (QED) is 0.859. The van der Waals surface area contributed by atoms with E-state index < -0.39 is 22.1 Å². The molecule has 1 aliphatic rings. The average Bonchev–Trinajstić information content (AvgIpc) is 2.90. The lowest BCUT2D eigenvalue weighted by Crippen LogP contribution is -2.29. The van der Waals surface area contributed by atoms with Crippen LogP contribution in [0, 0.1) is 0 Å². The van der Waals surface area contributed by atoms with Gasteiger partial charge in [-0.05, 0) is 42.3 Å². The first kappa shape index (κ1) is 15.7. The highest BCUT2D eigenvalue weighted by molar-refractivity contribution is 7.92. The molecule has 4 nitrogen and oxygen atoms in total. The second-order valence-corrected chi connectivity index (χ2v) is 6.84. The van der Waals surface area contributed by atoms with Crippen LogP contribution in [0.1, 0.15) is 5.56 Å². The van der Waals surface area contributed by atoms with Gasteiger partial charge in [0.05, 0.1) is 10.6 Å². The Morgan fingerprint density at radius 1 is 1.00 bits per heavy atom. The van der Waals surface area contributed by atoms with Gasteiger partial charge in [-0.25, -0.2) is 8.42 Å². The summed E-state index contributed by atoms with van der Waals surface area (Å²) in [7, 11) is -3.82. The zero-order chi connectivity index (χ0) is 16.7. The number of sulfonamides is 1. The molecule has 0 saturated heterocycles. The lowest BCUT2D eigenvalue weighted by molar-refractivity contribution is -0.274. The Morgan fingerprint density at radius 2 is 1.65 bits per heavy atom. The molecular weight excluding hydrogens is 331 g/mol. The molecule has 0 N–H and O–H groups in total. The van der Waals surface area contributed by atoms with Crippen molar-refractivity contribution >= 4 is 15.7 Å². The number of rotatable bonds is 3. The van der Waals surface area contributed by atoms with Crippen molar-refractivity contribution in [3.05, 3.63) is 54.1 Å². The number of alkyl halides is 3. The third kappa shape index (κ3) is 3.12. The summed E-state index contributed by atoms with van der Waals surface area (Å²) >= 11 is 0. The number of hydrogen-bond acceptors (Lipinski definition) is 3. The zero-order valence-electron chi connectivity index (χ0n) is 11.7. The Bertz CT molecular complexity index is 817. The highest BCUT2D eigenvalue weighted by Crippen LogP contribution is 2.33. The first-order valence-electron chi connectivity index (χ1n) is 6.74. The molecule has 0 bridgehead atoms. The van der Waals surface area contributed by atoms with Crippen molar-refractivity contribution in [2.45, 2.75) is 17.7 Å². The van der Waals surface area contributed by atoms with Gasteiger partial charge in [0.15, 0.2) is 0 Å². The Morgan fingerprint density at radius 3 is 2.30 bits per heavy atom. The van der Waals surface area contributed by atoms with Gasteiger partial charge in [-0.3, -0.25) is 4.31 Å². The SMILES string of the molecule is O=S(=O)(c1ccc(OC(F)(F)F)cc1)N1CCc2ccccc21. The van der Waals surface area contributed by atoms with E-state index in [1.165, 1.54) is 4.31 Å². The van der Waals surface area contributed by atoms with Crippen LogP contribution in [-0.2, 0) is 16.4 Å². The summed E-state index contributed by atoms with van der Waals surface area (Å²) in [5, 5.41) is 0. The molecule has 0 aromatic heterocycles. The minimum atomic E-state index is -4.81. The van der Waals surface area contributed by atoms with Gasteiger partial charge >= 0.3 is 6.36 Å². The van der Waals surface area contributed by atoms with Crippen LogP contribution < -0.4 is 9.04 Å². The van der Waals surface area contributed by atoms with Gasteiger partial charge in [-0.2, -0.15) is 0 Å². The number of anilines is 1. The summed E-state index contributed by atoms with van der Waals surface area (Å²) < 4.78 is 66.7. The van der Waals surface area contributed by atoms with E-state index >= 15 is 0 Å². The Balaban J connectivity index is 1.89. The van der Waals surface area contributed by atoms with Gasteiger partial charge in [0.25, 0.3) is 10.0 Å². The van der Waals surface area contributed by atoms with Crippen LogP contribution in [0.4, 0.5) is 18.9 Å². The molecule has 0 radical (unpaired) electrons. The third-order valence-corrected chi connectivity index (χ3v) is 5.32. The van der Waals surface area contributed by atoms with E-state index in [4.69, 9.17) is 0 Å². The molecule has 0 unspecified atom stereocenters. The van der Waals surface area contributed by atoms with Crippen LogP contribution in [-0.4, -0.2) is 21.3 Å². The monoisotopic (exact) mass is 343 g/mol. The maximum absolute atomic E-state index is 12.7. The Hall–Kier alpha value is -2.22. The van der Waals surface area contributed by atoms with Crippen LogP contribution >= 0.6 is 0 Å². The molecule has 0 saturated carbocycles. The van der Waals surface area contributed by atoms with Crippen molar-refractivity contribution < 1.29 is 26.3 Å². The van der Waals surface area contributed by atoms with Crippen LogP contribution in [0.3, 0.4) is 0 Å². The van der Waals surface area contributed by atoms with Crippen molar-refractivity contribution in [3.63, 3.8) is 0 Å². The Labute approximate surface area is 131 Å². The zero-order valence-corrected chi connectivity index (χ0v) is 12.6. The fraction of sp³-hybridized carbons (Fsp3) is 0.200. The van der Waals surface area contributed by atoms with Crippen LogP contribution in [0.2, 0.25) is 0 Å². The summed E-state index contributed by atoms with van der Waals surface area (Å²) in [4.78, 5) is -0.0799. The summed E-state index contributed by atoms with van der Waals surface area (Å²) in [5.74, 6) is -0.460. The van der Waals surface area contributed by atoms with Crippen LogP contribution in [0.25, 0.3) is 0 Å². The van der Waals surface area contributed by atoms with Crippen molar-refractivity contribution in [3.8, 4) is 5.75 Å². The van der Waals surface area contributed by atoms with E-state index in [0.29, 0.717) is 18.7 Å². The number of para-hydroxylation sites is 1. The van der Waals surface area contributed by atoms with Crippen molar-refractivity contribution in [2.75, 3.05) is 10.8 Å². The minimum absolute atomic E-state index is 0.0799. The molecule has 2 aromatic rings. The lowest BCUT2D eigenvalue weighted by atomic mass is 10.2. The van der Waals surface area contributed by atoms with Crippen LogP contribution in [0.5, 0.6) is 5.75 Å². The molecule has 8 heteroatoms. The summed E-state index contributed by atoms with van der Waals surface area (Å²) in [6, 6.07) is 11.3. The second-order valence-electron chi connectivity index (χ2n) is 4.98. The van der Waals surface area contributed by atoms with E-state index in [1.54, 1.807) is 12.1 Å². The van der Waals surface area contributed by atoms with Crippen molar-refractivity contribution in [1.82, 2.24) is 0 Å². The molecule has 0 fully saturated rings. The fourth-order valence-corrected chi connectivity index (χ4v) is 4.00. The third-order valence-electron chi connectivity index (χ3n) is 3.49. The number of ether oxygens (including phenoxy) is 1. The largest absolute Gasteiger partial charge is 0.573 e. The molecular formula is C15H12F3NO3S. The molecule has 0 aliphatic carbocycles. The number of nitrogens with zero attached hydrogens (tertiary/aromatic N) is 1. The standard InChI is InChI=1S/C15H12F3NO3S/c16-15(17,18)22-12-5-7-13(8-6-12)23(20,21)19-10-9-11-3-1-2-4-14(11)19/h1-8H,9-10H2. The summed E-state index contributed by atoms with van der Waals surface area (Å²) in [6.07, 6.45) is -4.21. The number of halogens is 3. The predicted molar refractivity (Wildman–Crippen MR) is 77.8 cm³/mol. The van der Waals surface area contributed by atoms with E-state index in [0.717, 1.165) is 29.8 Å². The normalized spacial score (nSPS) is 14.7. The molecule has 3 rings (SSSR count). The van der Waals surface area contributed by atoms with Gasteiger partial charge in [-0.1, -0.05) is 18.2 Å². The van der Waals surface area contributed by atoms with Gasteiger partial charge in [0.2, 0.25) is 0 Å². The molecule has 1 heterocycles. The van der Waals surface area contributed by atoms with Gasteiger partial charge < -0.3 is 4.74 Å². The highest BCUT2D eigenvalue weighted by Gasteiger charge is 2.32. The Kier molecular flexibility index (Phi) is 3.71. The maximum Gasteiger partial charge on any atom is 0.573 e. The van der Waals surface area contributed by atoms with Gasteiger partial charge in [0, 0.05) is 6.54 Å². The first-order chi connectivity index (χ1) is 10.8. The van der Waals surface area contributed by atoms with E-state index in [1.807, 2.05) is 12.1 Å². The first-order valence-corrected chi connectivity index (χ1v) is 8.18. The molecule has 0 spiro atoms. The number of hydrogen-bond donors (Lipinski definition) is 0. The predicted octanol–water partition coefficient (Wildman–Crippen LogP) is 3.34. The molecule has 1 aliphatic heterocycles. The molecule has 0 amide bonds. The topological polar surface area (TPSA) is 46.6 Å². The second kappa shape index (κ2) is 5.45. The van der Waals surface area contributed by atoms with Gasteiger partial charge in [-0.15, -0.1) is 13.2 Å². The van der Waals surface area contributed by atoms with Crippen molar-refractivity contribution in [2.24, 2.45) is 0 Å². The van der Waals surface area contributed by atoms with E-state index in [-0.39, 0.29) is 4.90 Å². The molecule has 0 atom stereocenters. The highest BCUT2D eigenvalue weighted by atomic mass is 32.2. The van der Waals surface area contributed by atoms with Crippen LogP contribution in [0.15, 0.2) is 53.4 Å². The van der Waals surface area contributed by atoms with E-state index in [2.05, 4.69) is 4.74 Å². The molecule has 122 valence electrons. The smallest absolute Gasteiger partial charge is 0.406 e. The molecule has 23 heavy (non-hydrogen) atoms. The van der Waals surface area contributed by atoms with Gasteiger partial charge in [0.1, 0.15) is 5.75 Å².